The lowest BCUT2D eigenvalue weighted by Crippen LogP contribution is -2.23. The van der Waals surface area contributed by atoms with Gasteiger partial charge in [0.1, 0.15) is 12.4 Å². The number of aliphatic imine (C=N–C) groups is 1. The second-order valence-corrected chi connectivity index (χ2v) is 8.84. The molecule has 6 nitrogen and oxygen atoms in total. The van der Waals surface area contributed by atoms with Gasteiger partial charge in [0.15, 0.2) is 5.17 Å². The molecule has 0 radical (unpaired) electrons. The molecule has 3 aromatic rings. The van der Waals surface area contributed by atoms with Crippen molar-refractivity contribution in [1.29, 1.82) is 0 Å². The highest BCUT2D eigenvalue weighted by Crippen LogP contribution is 2.33. The summed E-state index contributed by atoms with van der Waals surface area (Å²) in [5.41, 5.74) is 2.99. The van der Waals surface area contributed by atoms with Crippen LogP contribution in [0.2, 0.25) is 5.02 Å². The average molecular weight is 493 g/mol. The molecule has 1 aliphatic heterocycles. The number of methoxy groups -OCH3 is 1. The van der Waals surface area contributed by atoms with E-state index in [2.05, 4.69) is 4.99 Å². The minimum absolute atomic E-state index is 0.127. The highest BCUT2D eigenvalue weighted by atomic mass is 35.5. The molecule has 0 spiro atoms. The number of carbonyl (C=O) groups is 2. The number of hydrogen-bond acceptors (Lipinski definition) is 6. The number of rotatable bonds is 6. The minimum atomic E-state index is -0.409. The summed E-state index contributed by atoms with van der Waals surface area (Å²) in [7, 11) is 3.02. The molecular weight excluding hydrogens is 472 g/mol. The smallest absolute Gasteiger partial charge is 0.337 e. The van der Waals surface area contributed by atoms with Gasteiger partial charge in [-0.25, -0.2) is 9.79 Å². The lowest BCUT2D eigenvalue weighted by molar-refractivity contribution is -0.121. The standard InChI is InChI=1S/C26H21ClN2O4S/c1-29-24(30)23(34-26(29)28-21-11-7-19(8-12-21)25(31)32-2)15-17-5-13-22(14-6-17)33-16-18-3-9-20(27)10-4-18/h3-15H,16H2,1-2H3/b23-15+,28-26?. The average Bonchev–Trinajstić information content (AvgIpc) is 3.12. The lowest BCUT2D eigenvalue weighted by Gasteiger charge is -2.07. The van der Waals surface area contributed by atoms with Gasteiger partial charge in [0.05, 0.1) is 23.3 Å². The van der Waals surface area contributed by atoms with Crippen LogP contribution in [0.1, 0.15) is 21.5 Å². The van der Waals surface area contributed by atoms with Crippen LogP contribution in [-0.4, -0.2) is 36.1 Å². The third kappa shape index (κ3) is 5.68. The lowest BCUT2D eigenvalue weighted by atomic mass is 10.2. The van der Waals surface area contributed by atoms with Crippen LogP contribution in [-0.2, 0) is 16.1 Å². The molecule has 1 saturated heterocycles. The summed E-state index contributed by atoms with van der Waals surface area (Å²) >= 11 is 7.21. The van der Waals surface area contributed by atoms with Crippen LogP contribution in [0, 0.1) is 0 Å². The number of nitrogens with zero attached hydrogens (tertiary/aromatic N) is 2. The van der Waals surface area contributed by atoms with E-state index in [0.29, 0.717) is 33.0 Å². The molecule has 0 unspecified atom stereocenters. The summed E-state index contributed by atoms with van der Waals surface area (Å²) in [4.78, 5) is 30.9. The van der Waals surface area contributed by atoms with Gasteiger partial charge in [0.2, 0.25) is 0 Å². The Bertz CT molecular complexity index is 1250. The molecule has 3 aromatic carbocycles. The summed E-state index contributed by atoms with van der Waals surface area (Å²) in [5.74, 6) is 0.198. The SMILES string of the molecule is COC(=O)c1ccc(N=C2S/C(=C/c3ccc(OCc4ccc(Cl)cc4)cc3)C(=O)N2C)cc1. The van der Waals surface area contributed by atoms with Crippen LogP contribution in [0.4, 0.5) is 5.69 Å². The number of carbonyl (C=O) groups excluding carboxylic acids is 2. The first kappa shape index (κ1) is 23.6. The van der Waals surface area contributed by atoms with Crippen LogP contribution in [0.3, 0.4) is 0 Å². The molecule has 8 heteroatoms. The molecule has 172 valence electrons. The zero-order valence-electron chi connectivity index (χ0n) is 18.5. The molecule has 4 rings (SSSR count). The normalized spacial score (nSPS) is 15.7. The maximum atomic E-state index is 12.7. The molecule has 1 aliphatic rings. The molecule has 1 amide bonds. The Hall–Kier alpha value is -3.55. The first-order valence-corrected chi connectivity index (χ1v) is 11.5. The number of amides is 1. The topological polar surface area (TPSA) is 68.2 Å². The van der Waals surface area contributed by atoms with E-state index in [9.17, 15) is 9.59 Å². The fraction of sp³-hybridized carbons (Fsp3) is 0.115. The minimum Gasteiger partial charge on any atom is -0.489 e. The van der Waals surface area contributed by atoms with E-state index in [1.807, 2.05) is 54.6 Å². The van der Waals surface area contributed by atoms with Crippen LogP contribution >= 0.6 is 23.4 Å². The van der Waals surface area contributed by atoms with E-state index >= 15 is 0 Å². The first-order chi connectivity index (χ1) is 16.4. The zero-order chi connectivity index (χ0) is 24.1. The van der Waals surface area contributed by atoms with E-state index in [1.165, 1.54) is 23.8 Å². The Kier molecular flexibility index (Phi) is 7.35. The van der Waals surface area contributed by atoms with Gasteiger partial charge in [-0.15, -0.1) is 0 Å². The number of halogens is 1. The molecule has 0 atom stereocenters. The third-order valence-corrected chi connectivity index (χ3v) is 6.33. The van der Waals surface area contributed by atoms with Crippen molar-refractivity contribution in [3.8, 4) is 5.75 Å². The van der Waals surface area contributed by atoms with Crippen molar-refractivity contribution in [2.75, 3.05) is 14.2 Å². The summed E-state index contributed by atoms with van der Waals surface area (Å²) in [6, 6.07) is 21.8. The Morgan fingerprint density at radius 1 is 1.03 bits per heavy atom. The monoisotopic (exact) mass is 492 g/mol. The number of likely N-dealkylation sites (N-methyl/N-ethyl adjacent to an activating group) is 1. The van der Waals surface area contributed by atoms with Gasteiger partial charge in [0, 0.05) is 12.1 Å². The summed E-state index contributed by atoms with van der Waals surface area (Å²) < 4.78 is 10.5. The maximum Gasteiger partial charge on any atom is 0.337 e. The molecule has 1 heterocycles. The molecular formula is C26H21ClN2O4S. The summed E-state index contributed by atoms with van der Waals surface area (Å²) in [6.07, 6.45) is 1.83. The Balaban J connectivity index is 1.42. The molecule has 1 fully saturated rings. The zero-order valence-corrected chi connectivity index (χ0v) is 20.1. The molecule has 0 bridgehead atoms. The van der Waals surface area contributed by atoms with E-state index in [4.69, 9.17) is 21.1 Å². The van der Waals surface area contributed by atoms with Gasteiger partial charge < -0.3 is 9.47 Å². The Labute approximate surface area is 206 Å². The Morgan fingerprint density at radius 3 is 2.35 bits per heavy atom. The fourth-order valence-corrected chi connectivity index (χ4v) is 4.22. The predicted octanol–water partition coefficient (Wildman–Crippen LogP) is 5.94. The van der Waals surface area contributed by atoms with Crippen molar-refractivity contribution in [3.05, 3.63) is 99.4 Å². The third-order valence-electron chi connectivity index (χ3n) is 5.01. The van der Waals surface area contributed by atoms with E-state index < -0.39 is 5.97 Å². The number of thioether (sulfide) groups is 1. The second kappa shape index (κ2) is 10.6. The highest BCUT2D eigenvalue weighted by molar-refractivity contribution is 8.18. The van der Waals surface area contributed by atoms with Crippen molar-refractivity contribution < 1.29 is 19.1 Å². The van der Waals surface area contributed by atoms with Gasteiger partial charge in [0.25, 0.3) is 5.91 Å². The van der Waals surface area contributed by atoms with Crippen molar-refractivity contribution in [2.24, 2.45) is 4.99 Å². The van der Waals surface area contributed by atoms with Crippen LogP contribution in [0.15, 0.2) is 82.7 Å². The fourth-order valence-electron chi connectivity index (χ4n) is 3.11. The molecule has 0 saturated carbocycles. The van der Waals surface area contributed by atoms with E-state index in [-0.39, 0.29) is 5.91 Å². The number of esters is 1. The quantitative estimate of drug-likeness (QED) is 0.314. The molecule has 34 heavy (non-hydrogen) atoms. The Morgan fingerprint density at radius 2 is 1.71 bits per heavy atom. The second-order valence-electron chi connectivity index (χ2n) is 7.39. The number of hydrogen-bond donors (Lipinski definition) is 0. The molecule has 0 N–H and O–H groups in total. The van der Waals surface area contributed by atoms with Crippen molar-refractivity contribution >= 4 is 52.2 Å². The van der Waals surface area contributed by atoms with E-state index in [1.54, 1.807) is 31.3 Å². The van der Waals surface area contributed by atoms with Gasteiger partial charge >= 0.3 is 5.97 Å². The molecule has 0 aliphatic carbocycles. The van der Waals surface area contributed by atoms with Gasteiger partial charge in [-0.05, 0) is 77.5 Å². The maximum absolute atomic E-state index is 12.7. The van der Waals surface area contributed by atoms with Crippen LogP contribution in [0.5, 0.6) is 5.75 Å². The van der Waals surface area contributed by atoms with Crippen molar-refractivity contribution in [1.82, 2.24) is 4.90 Å². The summed E-state index contributed by atoms with van der Waals surface area (Å²) in [5, 5.41) is 1.25. The van der Waals surface area contributed by atoms with E-state index in [0.717, 1.165) is 16.9 Å². The van der Waals surface area contributed by atoms with Gasteiger partial charge in [-0.3, -0.25) is 9.69 Å². The van der Waals surface area contributed by atoms with Gasteiger partial charge in [-0.2, -0.15) is 0 Å². The first-order valence-electron chi connectivity index (χ1n) is 10.3. The number of benzene rings is 3. The largest absolute Gasteiger partial charge is 0.489 e. The van der Waals surface area contributed by atoms with Crippen molar-refractivity contribution in [3.63, 3.8) is 0 Å². The van der Waals surface area contributed by atoms with Crippen molar-refractivity contribution in [2.45, 2.75) is 6.61 Å². The number of ether oxygens (including phenoxy) is 2. The molecule has 0 aromatic heterocycles. The van der Waals surface area contributed by atoms with Gasteiger partial charge in [-0.1, -0.05) is 35.9 Å². The highest BCUT2D eigenvalue weighted by Gasteiger charge is 2.30. The summed E-state index contributed by atoms with van der Waals surface area (Å²) in [6.45, 7) is 0.442. The number of amidine groups is 1. The van der Waals surface area contributed by atoms with Crippen LogP contribution in [0.25, 0.3) is 6.08 Å². The predicted molar refractivity (Wildman–Crippen MR) is 135 cm³/mol. The van der Waals surface area contributed by atoms with Crippen LogP contribution < -0.4 is 4.74 Å².